The van der Waals surface area contributed by atoms with E-state index in [9.17, 15) is 0 Å². The number of aromatic nitrogens is 1. The van der Waals surface area contributed by atoms with E-state index in [1.807, 2.05) is 5.51 Å². The van der Waals surface area contributed by atoms with Crippen LogP contribution in [0.2, 0.25) is 0 Å². The maximum atomic E-state index is 8.91. The van der Waals surface area contributed by atoms with Crippen LogP contribution in [0.25, 0.3) is 0 Å². The summed E-state index contributed by atoms with van der Waals surface area (Å²) in [6.07, 6.45) is 4.44. The first kappa shape index (κ1) is 7.75. The van der Waals surface area contributed by atoms with E-state index in [1.54, 1.807) is 11.3 Å². The highest BCUT2D eigenvalue weighted by molar-refractivity contribution is 7.09. The lowest BCUT2D eigenvalue weighted by molar-refractivity contribution is 0.677. The summed E-state index contributed by atoms with van der Waals surface area (Å²) < 4.78 is 0. The van der Waals surface area contributed by atoms with Crippen molar-refractivity contribution in [1.29, 1.82) is 5.26 Å². The average Bonchev–Trinajstić information content (AvgIpc) is 2.46. The molecule has 2 nitrogen and oxygen atoms in total. The van der Waals surface area contributed by atoms with Crippen LogP contribution in [0.4, 0.5) is 0 Å². The maximum absolute atomic E-state index is 8.91. The minimum atomic E-state index is 0.120. The smallest absolute Gasteiger partial charge is 0.0824 e. The quantitative estimate of drug-likeness (QED) is 0.572. The molecule has 0 aromatic carbocycles. The second kappa shape index (κ2) is 3.24. The maximum Gasteiger partial charge on any atom is 0.0824 e. The Kier molecular flexibility index (Phi) is 2.09. The van der Waals surface area contributed by atoms with Crippen LogP contribution in [0.3, 0.4) is 0 Å². The summed E-state index contributed by atoms with van der Waals surface area (Å²) in [5, 5.41) is 8.91. The first-order valence-corrected chi connectivity index (χ1v) is 5.11. The number of rotatable bonds is 0. The van der Waals surface area contributed by atoms with Gasteiger partial charge in [0.1, 0.15) is 0 Å². The van der Waals surface area contributed by atoms with Crippen LogP contribution in [0.1, 0.15) is 35.8 Å². The van der Waals surface area contributed by atoms with Gasteiger partial charge >= 0.3 is 0 Å². The van der Waals surface area contributed by atoms with Crippen LogP contribution in [0, 0.1) is 11.3 Å². The van der Waals surface area contributed by atoms with Crippen molar-refractivity contribution < 1.29 is 0 Å². The fraction of sp³-hybridized carbons (Fsp3) is 0.556. The third kappa shape index (κ3) is 1.23. The number of aryl methyl sites for hydroxylation is 1. The van der Waals surface area contributed by atoms with Crippen molar-refractivity contribution in [2.75, 3.05) is 0 Å². The van der Waals surface area contributed by atoms with Gasteiger partial charge in [0.05, 0.1) is 23.2 Å². The first-order valence-electron chi connectivity index (χ1n) is 4.23. The summed E-state index contributed by atoms with van der Waals surface area (Å²) in [4.78, 5) is 5.50. The van der Waals surface area contributed by atoms with E-state index in [2.05, 4.69) is 11.1 Å². The highest BCUT2D eigenvalue weighted by Crippen LogP contribution is 2.31. The molecule has 0 bridgehead atoms. The van der Waals surface area contributed by atoms with Crippen molar-refractivity contribution in [3.05, 3.63) is 16.1 Å². The minimum absolute atomic E-state index is 0.120. The molecule has 0 unspecified atom stereocenters. The molecule has 0 amide bonds. The third-order valence-electron chi connectivity index (χ3n) is 2.30. The zero-order valence-corrected chi connectivity index (χ0v) is 7.60. The Labute approximate surface area is 75.9 Å². The van der Waals surface area contributed by atoms with Crippen LogP contribution < -0.4 is 0 Å². The van der Waals surface area contributed by atoms with E-state index in [-0.39, 0.29) is 5.92 Å². The molecule has 1 aliphatic rings. The van der Waals surface area contributed by atoms with E-state index in [0.29, 0.717) is 0 Å². The van der Waals surface area contributed by atoms with Gasteiger partial charge in [0, 0.05) is 4.88 Å². The predicted molar refractivity (Wildman–Crippen MR) is 48.0 cm³/mol. The third-order valence-corrected chi connectivity index (χ3v) is 3.29. The number of hydrogen-bond donors (Lipinski definition) is 0. The summed E-state index contributed by atoms with van der Waals surface area (Å²) in [6.45, 7) is 0. The number of hydrogen-bond acceptors (Lipinski definition) is 3. The van der Waals surface area contributed by atoms with E-state index in [4.69, 9.17) is 5.26 Å². The molecule has 1 aromatic rings. The summed E-state index contributed by atoms with van der Waals surface area (Å²) in [7, 11) is 0. The lowest BCUT2D eigenvalue weighted by Gasteiger charge is -2.01. The number of nitriles is 1. The Bertz CT molecular complexity index is 311. The molecule has 1 aliphatic carbocycles. The topological polar surface area (TPSA) is 36.7 Å². The van der Waals surface area contributed by atoms with Crippen molar-refractivity contribution in [2.45, 2.75) is 31.6 Å². The Morgan fingerprint density at radius 1 is 1.58 bits per heavy atom. The minimum Gasteiger partial charge on any atom is -0.249 e. The lowest BCUT2D eigenvalue weighted by Crippen LogP contribution is -1.92. The first-order chi connectivity index (χ1) is 5.92. The summed E-state index contributed by atoms with van der Waals surface area (Å²) in [5.74, 6) is 0.120. The van der Waals surface area contributed by atoms with Gasteiger partial charge in [-0.1, -0.05) is 6.42 Å². The molecule has 1 atom stereocenters. The monoisotopic (exact) mass is 178 g/mol. The summed E-state index contributed by atoms with van der Waals surface area (Å²) >= 11 is 1.64. The van der Waals surface area contributed by atoms with Gasteiger partial charge in [-0.15, -0.1) is 11.3 Å². The molecule has 0 fully saturated rings. The van der Waals surface area contributed by atoms with E-state index in [1.165, 1.54) is 23.4 Å². The van der Waals surface area contributed by atoms with Crippen molar-refractivity contribution in [3.8, 4) is 6.07 Å². The van der Waals surface area contributed by atoms with Gasteiger partial charge in [-0.3, -0.25) is 0 Å². The largest absolute Gasteiger partial charge is 0.249 e. The van der Waals surface area contributed by atoms with Crippen LogP contribution in [0.15, 0.2) is 5.51 Å². The molecule has 0 saturated heterocycles. The summed E-state index contributed by atoms with van der Waals surface area (Å²) in [6, 6.07) is 2.36. The van der Waals surface area contributed by atoms with Gasteiger partial charge in [0.25, 0.3) is 0 Å². The van der Waals surface area contributed by atoms with Crippen LogP contribution in [-0.2, 0) is 6.42 Å². The number of nitrogens with zero attached hydrogens (tertiary/aromatic N) is 2. The van der Waals surface area contributed by atoms with Crippen molar-refractivity contribution in [3.63, 3.8) is 0 Å². The lowest BCUT2D eigenvalue weighted by atomic mass is 10.1. The molecule has 2 rings (SSSR count). The Morgan fingerprint density at radius 2 is 2.50 bits per heavy atom. The Morgan fingerprint density at radius 3 is 3.33 bits per heavy atom. The van der Waals surface area contributed by atoms with E-state index < -0.39 is 0 Å². The molecule has 0 saturated carbocycles. The second-order valence-corrected chi connectivity index (χ2v) is 3.98. The number of thiazole rings is 1. The molecule has 0 radical (unpaired) electrons. The van der Waals surface area contributed by atoms with Gasteiger partial charge < -0.3 is 0 Å². The zero-order valence-electron chi connectivity index (χ0n) is 6.79. The summed E-state index contributed by atoms with van der Waals surface area (Å²) in [5.41, 5.74) is 3.03. The number of fused-ring (bicyclic) bond motifs is 1. The van der Waals surface area contributed by atoms with Gasteiger partial charge in [0.15, 0.2) is 0 Å². The average molecular weight is 178 g/mol. The van der Waals surface area contributed by atoms with Crippen molar-refractivity contribution >= 4 is 11.3 Å². The van der Waals surface area contributed by atoms with E-state index in [0.717, 1.165) is 12.8 Å². The molecule has 62 valence electrons. The molecule has 0 aliphatic heterocycles. The van der Waals surface area contributed by atoms with Crippen LogP contribution >= 0.6 is 11.3 Å². The zero-order chi connectivity index (χ0) is 8.39. The van der Waals surface area contributed by atoms with Crippen LogP contribution in [-0.4, -0.2) is 4.98 Å². The molecule has 3 heteroatoms. The molecular weight excluding hydrogens is 168 g/mol. The molecule has 1 aromatic heterocycles. The van der Waals surface area contributed by atoms with Gasteiger partial charge in [-0.25, -0.2) is 4.98 Å². The standard InChI is InChI=1S/C9H10N2S/c10-5-7-3-1-2-4-8-9(7)12-6-11-8/h6-7H,1-4H2/t7-/m1/s1. The molecule has 12 heavy (non-hydrogen) atoms. The molecule has 0 N–H and O–H groups in total. The SMILES string of the molecule is N#C[C@H]1CCCCc2ncsc21. The fourth-order valence-corrected chi connectivity index (χ4v) is 2.56. The Balaban J connectivity index is 2.37. The van der Waals surface area contributed by atoms with Gasteiger partial charge in [-0.05, 0) is 19.3 Å². The van der Waals surface area contributed by atoms with Gasteiger partial charge in [0.2, 0.25) is 0 Å². The molecule has 0 spiro atoms. The normalized spacial score (nSPS) is 22.4. The van der Waals surface area contributed by atoms with Gasteiger partial charge in [-0.2, -0.15) is 5.26 Å². The van der Waals surface area contributed by atoms with Crippen LogP contribution in [0.5, 0.6) is 0 Å². The highest BCUT2D eigenvalue weighted by Gasteiger charge is 2.20. The second-order valence-electron chi connectivity index (χ2n) is 3.09. The highest BCUT2D eigenvalue weighted by atomic mass is 32.1. The predicted octanol–water partition coefficient (Wildman–Crippen LogP) is 2.48. The van der Waals surface area contributed by atoms with Crippen molar-refractivity contribution in [1.82, 2.24) is 4.98 Å². The molecule has 1 heterocycles. The Hall–Kier alpha value is -0.880. The fourth-order valence-electron chi connectivity index (χ4n) is 1.64. The van der Waals surface area contributed by atoms with E-state index >= 15 is 0 Å². The molecular formula is C9H10N2S. The van der Waals surface area contributed by atoms with Crippen molar-refractivity contribution in [2.24, 2.45) is 0 Å².